The number of hydrogen-bond donors (Lipinski definition) is 1. The van der Waals surface area contributed by atoms with Crippen LogP contribution in [0.25, 0.3) is 10.8 Å². The summed E-state index contributed by atoms with van der Waals surface area (Å²) in [6.07, 6.45) is 0. The summed E-state index contributed by atoms with van der Waals surface area (Å²) < 4.78 is 0. The summed E-state index contributed by atoms with van der Waals surface area (Å²) in [5.41, 5.74) is 8.46. The Morgan fingerprint density at radius 3 is 2.26 bits per heavy atom. The van der Waals surface area contributed by atoms with Gasteiger partial charge in [-0.3, -0.25) is 0 Å². The second kappa shape index (κ2) is 4.88. The molecule has 0 radical (unpaired) electrons. The number of nitrogen functional groups attached to an aromatic ring is 1. The van der Waals surface area contributed by atoms with Crippen molar-refractivity contribution >= 4 is 16.5 Å². The fraction of sp³-hybridized carbons (Fsp3) is 0. The second-order valence-electron chi connectivity index (χ2n) is 4.40. The summed E-state index contributed by atoms with van der Waals surface area (Å²) in [6, 6.07) is 22.2. The zero-order valence-electron chi connectivity index (χ0n) is 10.4. The maximum absolute atomic E-state index is 5.87. The highest BCUT2D eigenvalue weighted by Gasteiger charge is 1.94. The van der Waals surface area contributed by atoms with Gasteiger partial charge >= 0.3 is 0 Å². The highest BCUT2D eigenvalue weighted by atomic mass is 14.5. The van der Waals surface area contributed by atoms with Gasteiger partial charge in [-0.15, -0.1) is 0 Å². The van der Waals surface area contributed by atoms with Gasteiger partial charge in [0.15, 0.2) is 0 Å². The molecule has 0 unspecified atom stereocenters. The van der Waals surface area contributed by atoms with E-state index in [0.29, 0.717) is 0 Å². The van der Waals surface area contributed by atoms with Gasteiger partial charge in [-0.25, -0.2) is 0 Å². The summed E-state index contributed by atoms with van der Waals surface area (Å²) in [4.78, 5) is 0. The van der Waals surface area contributed by atoms with E-state index in [1.165, 1.54) is 10.8 Å². The van der Waals surface area contributed by atoms with Crippen LogP contribution in [0.2, 0.25) is 0 Å². The number of anilines is 1. The largest absolute Gasteiger partial charge is 0.398 e. The molecule has 0 amide bonds. The van der Waals surface area contributed by atoms with Crippen LogP contribution in [0.3, 0.4) is 0 Å². The second-order valence-corrected chi connectivity index (χ2v) is 4.40. The fourth-order valence-electron chi connectivity index (χ4n) is 2.02. The summed E-state index contributed by atoms with van der Waals surface area (Å²) in [6.45, 7) is 0. The average molecular weight is 243 g/mol. The van der Waals surface area contributed by atoms with E-state index in [2.05, 4.69) is 36.1 Å². The van der Waals surface area contributed by atoms with Crippen LogP contribution in [0.5, 0.6) is 0 Å². The molecule has 90 valence electrons. The van der Waals surface area contributed by atoms with Crippen molar-refractivity contribution in [1.29, 1.82) is 0 Å². The third kappa shape index (κ3) is 2.43. The molecule has 3 aromatic carbocycles. The summed E-state index contributed by atoms with van der Waals surface area (Å²) in [5, 5.41) is 2.43. The molecule has 19 heavy (non-hydrogen) atoms. The monoisotopic (exact) mass is 243 g/mol. The molecule has 0 spiro atoms. The first-order valence-corrected chi connectivity index (χ1v) is 6.18. The summed E-state index contributed by atoms with van der Waals surface area (Å²) >= 11 is 0. The van der Waals surface area contributed by atoms with Crippen molar-refractivity contribution in [3.05, 3.63) is 77.9 Å². The number of rotatable bonds is 0. The first-order chi connectivity index (χ1) is 9.33. The van der Waals surface area contributed by atoms with Crippen molar-refractivity contribution in [3.8, 4) is 11.8 Å². The van der Waals surface area contributed by atoms with E-state index in [0.717, 1.165) is 16.8 Å². The molecule has 0 heterocycles. The molecular formula is C18H13N. The van der Waals surface area contributed by atoms with Gasteiger partial charge < -0.3 is 5.73 Å². The van der Waals surface area contributed by atoms with E-state index < -0.39 is 0 Å². The van der Waals surface area contributed by atoms with Crippen molar-refractivity contribution in [1.82, 2.24) is 0 Å². The van der Waals surface area contributed by atoms with Crippen LogP contribution in [-0.4, -0.2) is 0 Å². The minimum absolute atomic E-state index is 0.718. The first kappa shape index (κ1) is 11.4. The van der Waals surface area contributed by atoms with Crippen molar-refractivity contribution in [3.63, 3.8) is 0 Å². The molecule has 0 aliphatic rings. The fourth-order valence-corrected chi connectivity index (χ4v) is 2.02. The van der Waals surface area contributed by atoms with E-state index in [9.17, 15) is 0 Å². The Morgan fingerprint density at radius 1 is 0.684 bits per heavy atom. The molecule has 2 N–H and O–H groups in total. The number of benzene rings is 3. The molecule has 1 heteroatoms. The lowest BCUT2D eigenvalue weighted by Crippen LogP contribution is -1.88. The highest BCUT2D eigenvalue weighted by Crippen LogP contribution is 2.15. The van der Waals surface area contributed by atoms with Crippen LogP contribution in [0, 0.1) is 11.8 Å². The lowest BCUT2D eigenvalue weighted by atomic mass is 10.1. The third-order valence-electron chi connectivity index (χ3n) is 3.05. The molecule has 3 aromatic rings. The van der Waals surface area contributed by atoms with E-state index in [-0.39, 0.29) is 0 Å². The Bertz CT molecular complexity index is 791. The minimum atomic E-state index is 0.718. The molecule has 0 bridgehead atoms. The topological polar surface area (TPSA) is 26.0 Å². The van der Waals surface area contributed by atoms with Gasteiger partial charge in [0.2, 0.25) is 0 Å². The standard InChI is InChI=1S/C18H13N/c19-18-8-4-3-6-16(18)12-10-14-9-11-15-5-1-2-7-17(15)13-14/h1-9,11,13H,19H2. The van der Waals surface area contributed by atoms with Gasteiger partial charge in [-0.1, -0.05) is 54.3 Å². The molecule has 0 fully saturated rings. The van der Waals surface area contributed by atoms with E-state index >= 15 is 0 Å². The molecule has 0 aromatic heterocycles. The van der Waals surface area contributed by atoms with Gasteiger partial charge in [0.05, 0.1) is 0 Å². The Balaban J connectivity index is 2.01. The summed E-state index contributed by atoms with van der Waals surface area (Å²) in [5.74, 6) is 6.28. The number of fused-ring (bicyclic) bond motifs is 1. The molecule has 0 aliphatic heterocycles. The van der Waals surface area contributed by atoms with E-state index in [4.69, 9.17) is 5.73 Å². The van der Waals surface area contributed by atoms with Crippen molar-refractivity contribution < 1.29 is 0 Å². The first-order valence-electron chi connectivity index (χ1n) is 6.18. The average Bonchev–Trinajstić information content (AvgIpc) is 2.46. The maximum Gasteiger partial charge on any atom is 0.0478 e. The third-order valence-corrected chi connectivity index (χ3v) is 3.05. The van der Waals surface area contributed by atoms with Crippen LogP contribution in [0.15, 0.2) is 66.7 Å². The minimum Gasteiger partial charge on any atom is -0.398 e. The quantitative estimate of drug-likeness (QED) is 0.471. The normalized spacial score (nSPS) is 9.89. The molecule has 3 rings (SSSR count). The van der Waals surface area contributed by atoms with Gasteiger partial charge in [0, 0.05) is 16.8 Å². The van der Waals surface area contributed by atoms with Gasteiger partial charge in [0.25, 0.3) is 0 Å². The smallest absolute Gasteiger partial charge is 0.0478 e. The van der Waals surface area contributed by atoms with E-state index in [1.54, 1.807) is 0 Å². The summed E-state index contributed by atoms with van der Waals surface area (Å²) in [7, 11) is 0. The maximum atomic E-state index is 5.87. The number of nitrogens with two attached hydrogens (primary N) is 1. The number of hydrogen-bond acceptors (Lipinski definition) is 1. The van der Waals surface area contributed by atoms with Crippen LogP contribution < -0.4 is 5.73 Å². The van der Waals surface area contributed by atoms with Gasteiger partial charge in [-0.2, -0.15) is 0 Å². The molecule has 0 aliphatic carbocycles. The van der Waals surface area contributed by atoms with Gasteiger partial charge in [0.1, 0.15) is 0 Å². The predicted octanol–water partition coefficient (Wildman–Crippen LogP) is 3.82. The SMILES string of the molecule is Nc1ccccc1C#Cc1ccc2ccccc2c1. The van der Waals surface area contributed by atoms with Crippen LogP contribution in [-0.2, 0) is 0 Å². The van der Waals surface area contributed by atoms with Crippen LogP contribution in [0.4, 0.5) is 5.69 Å². The van der Waals surface area contributed by atoms with Crippen LogP contribution in [0.1, 0.15) is 11.1 Å². The lowest BCUT2D eigenvalue weighted by molar-refractivity contribution is 1.62. The zero-order chi connectivity index (χ0) is 13.1. The molecule has 0 atom stereocenters. The Kier molecular flexibility index (Phi) is 2.92. The molecular weight excluding hydrogens is 230 g/mol. The molecule has 1 nitrogen and oxygen atoms in total. The zero-order valence-corrected chi connectivity index (χ0v) is 10.4. The lowest BCUT2D eigenvalue weighted by Gasteiger charge is -1.98. The molecule has 0 saturated carbocycles. The van der Waals surface area contributed by atoms with Crippen molar-refractivity contribution in [2.45, 2.75) is 0 Å². The highest BCUT2D eigenvalue weighted by molar-refractivity contribution is 5.83. The Hall–Kier alpha value is -2.72. The Labute approximate surface area is 112 Å². The van der Waals surface area contributed by atoms with Crippen molar-refractivity contribution in [2.75, 3.05) is 5.73 Å². The predicted molar refractivity (Wildman–Crippen MR) is 80.8 cm³/mol. The Morgan fingerprint density at radius 2 is 1.42 bits per heavy atom. The van der Waals surface area contributed by atoms with E-state index in [1.807, 2.05) is 42.5 Å². The van der Waals surface area contributed by atoms with Crippen molar-refractivity contribution in [2.24, 2.45) is 0 Å². The molecule has 0 saturated heterocycles. The van der Waals surface area contributed by atoms with Gasteiger partial charge in [-0.05, 0) is 35.0 Å². The number of para-hydroxylation sites is 1. The van der Waals surface area contributed by atoms with Crippen LogP contribution >= 0.6 is 0 Å².